The summed E-state index contributed by atoms with van der Waals surface area (Å²) in [6.45, 7) is 0. The summed E-state index contributed by atoms with van der Waals surface area (Å²) in [5, 5.41) is 22.6. The summed E-state index contributed by atoms with van der Waals surface area (Å²) in [6, 6.07) is 3.19. The predicted molar refractivity (Wildman–Crippen MR) is 57.4 cm³/mol. The Kier molecular flexibility index (Phi) is 2.28. The minimum Gasteiger partial charge on any atom is -0.504 e. The Labute approximate surface area is 93.2 Å². The maximum absolute atomic E-state index is 9.67. The minimum atomic E-state index is -0.265. The van der Waals surface area contributed by atoms with Gasteiger partial charge in [0.15, 0.2) is 11.5 Å². The third-order valence-electron chi connectivity index (χ3n) is 1.99. The van der Waals surface area contributed by atoms with Crippen molar-refractivity contribution in [3.05, 3.63) is 22.8 Å². The van der Waals surface area contributed by atoms with Gasteiger partial charge in [-0.05, 0) is 28.1 Å². The summed E-state index contributed by atoms with van der Waals surface area (Å²) < 4.78 is 5.07. The average molecular weight is 271 g/mol. The summed E-state index contributed by atoms with van der Waals surface area (Å²) >= 11 is 3.08. The van der Waals surface area contributed by atoms with Crippen LogP contribution in [0.25, 0.3) is 11.1 Å². The van der Waals surface area contributed by atoms with Gasteiger partial charge in [0.1, 0.15) is 0 Å². The molecule has 0 radical (unpaired) electrons. The maximum Gasteiger partial charge on any atom is 0.230 e. The second kappa shape index (κ2) is 3.47. The van der Waals surface area contributed by atoms with E-state index in [1.54, 1.807) is 12.1 Å². The van der Waals surface area contributed by atoms with Crippen LogP contribution in [0.3, 0.4) is 0 Å². The molecule has 0 bridgehead atoms. The molecule has 4 N–H and O–H groups in total. The molecule has 0 fully saturated rings. The molecule has 1 aromatic heterocycles. The number of phenolic OH excluding ortho intramolecular Hbond substituents is 2. The monoisotopic (exact) mass is 270 g/mol. The van der Waals surface area contributed by atoms with E-state index >= 15 is 0 Å². The number of hydrogen-bond donors (Lipinski definition) is 3. The number of nitrogen functional groups attached to an aromatic ring is 1. The Morgan fingerprint density at radius 1 is 1.20 bits per heavy atom. The standard InChI is InChI=1S/C9H7BrN2O3/c10-6-2-1-4(7(13)8(6)14)5-3-12-15-9(5)11/h1-3,13-14H,11H2. The van der Waals surface area contributed by atoms with Gasteiger partial charge in [-0.15, -0.1) is 0 Å². The fourth-order valence-corrected chi connectivity index (χ4v) is 1.54. The molecule has 0 aliphatic heterocycles. The lowest BCUT2D eigenvalue weighted by Crippen LogP contribution is -1.85. The van der Waals surface area contributed by atoms with Gasteiger partial charge in [0, 0.05) is 5.56 Å². The van der Waals surface area contributed by atoms with Crippen molar-refractivity contribution in [1.82, 2.24) is 5.16 Å². The molecule has 1 aromatic carbocycles. The first-order chi connectivity index (χ1) is 7.11. The SMILES string of the molecule is Nc1oncc1-c1ccc(Br)c(O)c1O. The molecule has 2 rings (SSSR count). The quantitative estimate of drug-likeness (QED) is 0.690. The van der Waals surface area contributed by atoms with Gasteiger partial charge in [0.2, 0.25) is 5.88 Å². The van der Waals surface area contributed by atoms with E-state index in [4.69, 9.17) is 5.73 Å². The lowest BCUT2D eigenvalue weighted by atomic mass is 10.1. The van der Waals surface area contributed by atoms with Crippen LogP contribution < -0.4 is 5.73 Å². The third-order valence-corrected chi connectivity index (χ3v) is 2.63. The summed E-state index contributed by atoms with van der Waals surface area (Å²) in [7, 11) is 0. The third kappa shape index (κ3) is 1.52. The molecule has 0 saturated heterocycles. The Hall–Kier alpha value is -1.69. The Morgan fingerprint density at radius 3 is 2.53 bits per heavy atom. The number of rotatable bonds is 1. The van der Waals surface area contributed by atoms with Crippen molar-refractivity contribution in [3.8, 4) is 22.6 Å². The number of halogens is 1. The van der Waals surface area contributed by atoms with Crippen LogP contribution in [0.1, 0.15) is 0 Å². The van der Waals surface area contributed by atoms with E-state index < -0.39 is 0 Å². The van der Waals surface area contributed by atoms with Crippen LogP contribution >= 0.6 is 15.9 Å². The molecule has 15 heavy (non-hydrogen) atoms. The van der Waals surface area contributed by atoms with E-state index in [-0.39, 0.29) is 17.4 Å². The number of hydrogen-bond acceptors (Lipinski definition) is 5. The Balaban J connectivity index is 2.65. The number of anilines is 1. The number of nitrogens with two attached hydrogens (primary N) is 1. The Morgan fingerprint density at radius 2 is 1.93 bits per heavy atom. The fourth-order valence-electron chi connectivity index (χ4n) is 1.22. The number of nitrogens with zero attached hydrogens (tertiary/aromatic N) is 1. The van der Waals surface area contributed by atoms with Gasteiger partial charge in [-0.2, -0.15) is 0 Å². The fraction of sp³-hybridized carbons (Fsp3) is 0. The number of aromatic hydroxyl groups is 2. The lowest BCUT2D eigenvalue weighted by Gasteiger charge is -2.05. The second-order valence-electron chi connectivity index (χ2n) is 2.90. The van der Waals surface area contributed by atoms with Crippen molar-refractivity contribution >= 4 is 21.8 Å². The van der Waals surface area contributed by atoms with E-state index in [0.29, 0.717) is 15.6 Å². The van der Waals surface area contributed by atoms with Gasteiger partial charge >= 0.3 is 0 Å². The first kappa shape index (κ1) is 9.85. The largest absolute Gasteiger partial charge is 0.504 e. The summed E-state index contributed by atoms with van der Waals surface area (Å²) in [5.74, 6) is -0.417. The number of aromatic nitrogens is 1. The molecule has 2 aromatic rings. The van der Waals surface area contributed by atoms with Crippen LogP contribution in [0.5, 0.6) is 11.5 Å². The molecule has 0 aliphatic rings. The van der Waals surface area contributed by atoms with Crippen molar-refractivity contribution in [2.75, 3.05) is 5.73 Å². The van der Waals surface area contributed by atoms with Gasteiger partial charge in [-0.25, -0.2) is 0 Å². The molecule has 6 heteroatoms. The zero-order valence-corrected chi connectivity index (χ0v) is 9.02. The van der Waals surface area contributed by atoms with Crippen molar-refractivity contribution in [3.63, 3.8) is 0 Å². The first-order valence-corrected chi connectivity index (χ1v) is 4.81. The normalized spacial score (nSPS) is 10.5. The molecule has 0 spiro atoms. The van der Waals surface area contributed by atoms with Crippen LogP contribution in [-0.4, -0.2) is 15.4 Å². The van der Waals surface area contributed by atoms with Crippen LogP contribution in [0, 0.1) is 0 Å². The predicted octanol–water partition coefficient (Wildman–Crippen LogP) is 2.10. The van der Waals surface area contributed by atoms with Gasteiger partial charge in [0.05, 0.1) is 16.2 Å². The molecular weight excluding hydrogens is 264 g/mol. The highest BCUT2D eigenvalue weighted by Gasteiger charge is 2.15. The van der Waals surface area contributed by atoms with Gasteiger partial charge in [-0.1, -0.05) is 5.16 Å². The molecular formula is C9H7BrN2O3. The molecule has 78 valence electrons. The zero-order chi connectivity index (χ0) is 11.0. The number of benzene rings is 1. The molecule has 5 nitrogen and oxygen atoms in total. The highest BCUT2D eigenvalue weighted by molar-refractivity contribution is 9.10. The van der Waals surface area contributed by atoms with Gasteiger partial charge < -0.3 is 20.5 Å². The van der Waals surface area contributed by atoms with Crippen molar-refractivity contribution < 1.29 is 14.7 Å². The summed E-state index contributed by atoms with van der Waals surface area (Å²) in [6.07, 6.45) is 1.37. The van der Waals surface area contributed by atoms with Crippen LogP contribution in [0.2, 0.25) is 0 Å². The van der Waals surface area contributed by atoms with Crippen molar-refractivity contribution in [2.45, 2.75) is 0 Å². The molecule has 0 atom stereocenters. The molecule has 0 saturated carbocycles. The van der Waals surface area contributed by atoms with E-state index in [0.717, 1.165) is 0 Å². The van der Waals surface area contributed by atoms with E-state index in [1.165, 1.54) is 6.20 Å². The molecule has 1 heterocycles. The highest BCUT2D eigenvalue weighted by Crippen LogP contribution is 2.42. The molecule has 0 aliphatic carbocycles. The smallest absolute Gasteiger partial charge is 0.230 e. The van der Waals surface area contributed by atoms with E-state index in [1.807, 2.05) is 0 Å². The average Bonchev–Trinajstić information content (AvgIpc) is 2.62. The lowest BCUT2D eigenvalue weighted by molar-refractivity contribution is 0.403. The topological polar surface area (TPSA) is 92.5 Å². The van der Waals surface area contributed by atoms with Crippen molar-refractivity contribution in [2.24, 2.45) is 0 Å². The highest BCUT2D eigenvalue weighted by atomic mass is 79.9. The van der Waals surface area contributed by atoms with Crippen LogP contribution in [-0.2, 0) is 0 Å². The van der Waals surface area contributed by atoms with E-state index in [9.17, 15) is 10.2 Å². The zero-order valence-electron chi connectivity index (χ0n) is 7.44. The summed E-state index contributed by atoms with van der Waals surface area (Å²) in [4.78, 5) is 0. The molecule has 0 unspecified atom stereocenters. The second-order valence-corrected chi connectivity index (χ2v) is 3.75. The van der Waals surface area contributed by atoms with E-state index in [2.05, 4.69) is 25.6 Å². The summed E-state index contributed by atoms with van der Waals surface area (Å²) in [5.41, 5.74) is 6.31. The van der Waals surface area contributed by atoms with Crippen LogP contribution in [0.4, 0.5) is 5.88 Å². The maximum atomic E-state index is 9.67. The minimum absolute atomic E-state index is 0.0898. The Bertz CT molecular complexity index is 510. The molecule has 0 amide bonds. The number of phenols is 2. The van der Waals surface area contributed by atoms with Gasteiger partial charge in [-0.3, -0.25) is 0 Å². The first-order valence-electron chi connectivity index (χ1n) is 4.02. The van der Waals surface area contributed by atoms with Crippen molar-refractivity contribution in [1.29, 1.82) is 0 Å². The van der Waals surface area contributed by atoms with Crippen LogP contribution in [0.15, 0.2) is 27.3 Å². The van der Waals surface area contributed by atoms with Gasteiger partial charge in [0.25, 0.3) is 0 Å².